The van der Waals surface area contributed by atoms with Crippen LogP contribution in [-0.4, -0.2) is 37.7 Å². The zero-order valence-electron chi connectivity index (χ0n) is 11.1. The molecule has 3 heteroatoms. The molecule has 17 heavy (non-hydrogen) atoms. The van der Waals surface area contributed by atoms with Gasteiger partial charge in [-0.05, 0) is 26.5 Å². The summed E-state index contributed by atoms with van der Waals surface area (Å²) in [4.78, 5) is 2.25. The molecule has 0 saturated carbocycles. The monoisotopic (exact) mass is 236 g/mol. The van der Waals surface area contributed by atoms with Crippen molar-refractivity contribution in [2.75, 3.05) is 26.7 Å². The topological polar surface area (TPSA) is 38.5 Å². The van der Waals surface area contributed by atoms with Gasteiger partial charge in [0.2, 0.25) is 0 Å². The van der Waals surface area contributed by atoms with E-state index in [9.17, 15) is 0 Å². The van der Waals surface area contributed by atoms with Crippen LogP contribution in [0.25, 0.3) is 0 Å². The molecule has 2 N–H and O–H groups in total. The number of nitrogens with zero attached hydrogens (tertiary/aromatic N) is 1. The second-order valence-corrected chi connectivity index (χ2v) is 4.56. The molecular weight excluding hydrogens is 212 g/mol. The molecule has 1 aromatic carbocycles. The maximum atomic E-state index is 5.85. The summed E-state index contributed by atoms with van der Waals surface area (Å²) in [5.74, 6) is 0. The van der Waals surface area contributed by atoms with Crippen LogP contribution in [0.15, 0.2) is 30.3 Å². The molecule has 1 rings (SSSR count). The van der Waals surface area contributed by atoms with Crippen molar-refractivity contribution in [3.05, 3.63) is 35.9 Å². The largest absolute Gasteiger partial charge is 0.377 e. The molecule has 0 bridgehead atoms. The van der Waals surface area contributed by atoms with Gasteiger partial charge in [-0.25, -0.2) is 0 Å². The second-order valence-electron chi connectivity index (χ2n) is 4.56. The van der Waals surface area contributed by atoms with Crippen LogP contribution in [0.5, 0.6) is 0 Å². The molecule has 0 spiro atoms. The fourth-order valence-electron chi connectivity index (χ4n) is 1.83. The van der Waals surface area contributed by atoms with Crippen molar-refractivity contribution in [2.24, 2.45) is 5.73 Å². The van der Waals surface area contributed by atoms with E-state index in [0.717, 1.165) is 13.2 Å². The van der Waals surface area contributed by atoms with Crippen LogP contribution in [-0.2, 0) is 4.74 Å². The molecule has 1 atom stereocenters. The molecule has 0 saturated heterocycles. The Kier molecular flexibility index (Phi) is 6.19. The molecule has 0 heterocycles. The number of rotatable bonds is 7. The molecule has 0 radical (unpaired) electrons. The lowest BCUT2D eigenvalue weighted by molar-refractivity contribution is 0.0564. The van der Waals surface area contributed by atoms with Crippen molar-refractivity contribution < 1.29 is 4.74 Å². The van der Waals surface area contributed by atoms with Gasteiger partial charge in [-0.1, -0.05) is 30.3 Å². The summed E-state index contributed by atoms with van der Waals surface area (Å²) in [5, 5.41) is 0. The Morgan fingerprint density at radius 2 is 1.88 bits per heavy atom. The number of benzene rings is 1. The summed E-state index contributed by atoms with van der Waals surface area (Å²) in [6, 6.07) is 10.6. The predicted molar refractivity (Wildman–Crippen MR) is 72.0 cm³/mol. The molecular formula is C14H24N2O. The molecule has 0 aliphatic rings. The van der Waals surface area contributed by atoms with Crippen molar-refractivity contribution in [1.29, 1.82) is 0 Å². The van der Waals surface area contributed by atoms with Crippen molar-refractivity contribution in [3.8, 4) is 0 Å². The summed E-state index contributed by atoms with van der Waals surface area (Å²) in [6.07, 6.45) is 0.288. The highest BCUT2D eigenvalue weighted by Crippen LogP contribution is 2.17. The molecule has 0 amide bonds. The van der Waals surface area contributed by atoms with Crippen LogP contribution in [0, 0.1) is 0 Å². The summed E-state index contributed by atoms with van der Waals surface area (Å²) in [5.41, 5.74) is 7.12. The van der Waals surface area contributed by atoms with Crippen molar-refractivity contribution >= 4 is 0 Å². The van der Waals surface area contributed by atoms with Crippen molar-refractivity contribution in [2.45, 2.75) is 26.0 Å². The Bertz CT molecular complexity index is 300. The van der Waals surface area contributed by atoms with Gasteiger partial charge >= 0.3 is 0 Å². The van der Waals surface area contributed by atoms with E-state index in [1.807, 2.05) is 6.07 Å². The van der Waals surface area contributed by atoms with Gasteiger partial charge in [0, 0.05) is 19.1 Å². The van der Waals surface area contributed by atoms with Crippen molar-refractivity contribution in [1.82, 2.24) is 4.90 Å². The molecule has 0 aliphatic carbocycles. The molecule has 96 valence electrons. The SMILES string of the molecule is CC(C)OCCN(C)C(CN)c1ccccc1. The van der Waals surface area contributed by atoms with E-state index >= 15 is 0 Å². The highest BCUT2D eigenvalue weighted by Gasteiger charge is 2.14. The minimum absolute atomic E-state index is 0.270. The molecule has 3 nitrogen and oxygen atoms in total. The summed E-state index contributed by atoms with van der Waals surface area (Å²) in [6.45, 7) is 6.38. The third-order valence-electron chi connectivity index (χ3n) is 2.83. The maximum Gasteiger partial charge on any atom is 0.0597 e. The summed E-state index contributed by atoms with van der Waals surface area (Å²) < 4.78 is 5.56. The first-order valence-electron chi connectivity index (χ1n) is 6.22. The zero-order chi connectivity index (χ0) is 12.7. The number of hydrogen-bond acceptors (Lipinski definition) is 3. The average molecular weight is 236 g/mol. The van der Waals surface area contributed by atoms with E-state index in [-0.39, 0.29) is 12.1 Å². The van der Waals surface area contributed by atoms with Gasteiger partial charge in [0.1, 0.15) is 0 Å². The lowest BCUT2D eigenvalue weighted by Crippen LogP contribution is -2.33. The minimum Gasteiger partial charge on any atom is -0.377 e. The van der Waals surface area contributed by atoms with Gasteiger partial charge in [-0.15, -0.1) is 0 Å². The first kappa shape index (κ1) is 14.2. The quantitative estimate of drug-likeness (QED) is 0.787. The van der Waals surface area contributed by atoms with Gasteiger partial charge in [-0.3, -0.25) is 4.90 Å². The molecule has 0 aliphatic heterocycles. The second kappa shape index (κ2) is 7.43. The van der Waals surface area contributed by atoms with Crippen LogP contribution in [0.2, 0.25) is 0 Å². The Morgan fingerprint density at radius 3 is 2.41 bits per heavy atom. The van der Waals surface area contributed by atoms with E-state index in [1.165, 1.54) is 5.56 Å². The molecule has 0 aromatic heterocycles. The van der Waals surface area contributed by atoms with Crippen LogP contribution in [0.3, 0.4) is 0 Å². The number of likely N-dealkylation sites (N-methyl/N-ethyl adjacent to an activating group) is 1. The number of nitrogens with two attached hydrogens (primary N) is 1. The average Bonchev–Trinajstić information content (AvgIpc) is 2.31. The van der Waals surface area contributed by atoms with E-state index in [1.54, 1.807) is 0 Å². The molecule has 1 unspecified atom stereocenters. The van der Waals surface area contributed by atoms with Crippen molar-refractivity contribution in [3.63, 3.8) is 0 Å². The Hall–Kier alpha value is -0.900. The van der Waals surface area contributed by atoms with E-state index < -0.39 is 0 Å². The zero-order valence-corrected chi connectivity index (χ0v) is 11.1. The van der Waals surface area contributed by atoms with Gasteiger partial charge in [0.05, 0.1) is 12.7 Å². The lowest BCUT2D eigenvalue weighted by Gasteiger charge is -2.27. The smallest absolute Gasteiger partial charge is 0.0597 e. The van der Waals surface area contributed by atoms with Gasteiger partial charge in [-0.2, -0.15) is 0 Å². The Morgan fingerprint density at radius 1 is 1.24 bits per heavy atom. The number of ether oxygens (including phenoxy) is 1. The van der Waals surface area contributed by atoms with Crippen LogP contribution < -0.4 is 5.73 Å². The van der Waals surface area contributed by atoms with Crippen LogP contribution in [0.4, 0.5) is 0 Å². The molecule has 1 aromatic rings. The Labute approximate surface area is 105 Å². The first-order valence-corrected chi connectivity index (χ1v) is 6.22. The first-order chi connectivity index (χ1) is 8.15. The standard InChI is InChI=1S/C14H24N2O/c1-12(2)17-10-9-16(3)14(11-15)13-7-5-4-6-8-13/h4-8,12,14H,9-11,15H2,1-3H3. The fraction of sp³-hybridized carbons (Fsp3) is 0.571. The fourth-order valence-corrected chi connectivity index (χ4v) is 1.83. The maximum absolute atomic E-state index is 5.85. The lowest BCUT2D eigenvalue weighted by atomic mass is 10.1. The van der Waals surface area contributed by atoms with Gasteiger partial charge in [0.15, 0.2) is 0 Å². The normalized spacial score (nSPS) is 13.3. The van der Waals surface area contributed by atoms with E-state index in [0.29, 0.717) is 6.54 Å². The Balaban J connectivity index is 2.50. The highest BCUT2D eigenvalue weighted by molar-refractivity contribution is 5.19. The summed E-state index contributed by atoms with van der Waals surface area (Å²) in [7, 11) is 2.09. The third kappa shape index (κ3) is 4.86. The van der Waals surface area contributed by atoms with Crippen LogP contribution >= 0.6 is 0 Å². The highest BCUT2D eigenvalue weighted by atomic mass is 16.5. The van der Waals surface area contributed by atoms with E-state index in [2.05, 4.69) is 50.1 Å². The minimum atomic E-state index is 0.270. The number of hydrogen-bond donors (Lipinski definition) is 1. The summed E-state index contributed by atoms with van der Waals surface area (Å²) >= 11 is 0. The van der Waals surface area contributed by atoms with E-state index in [4.69, 9.17) is 10.5 Å². The van der Waals surface area contributed by atoms with Gasteiger partial charge in [0.25, 0.3) is 0 Å². The third-order valence-corrected chi connectivity index (χ3v) is 2.83. The van der Waals surface area contributed by atoms with Crippen LogP contribution in [0.1, 0.15) is 25.5 Å². The van der Waals surface area contributed by atoms with Gasteiger partial charge < -0.3 is 10.5 Å². The molecule has 0 fully saturated rings. The predicted octanol–water partition coefficient (Wildman–Crippen LogP) is 2.04.